The number of carboxylic acid groups (broad SMARTS) is 1. The molecule has 3 aliphatic heterocycles. The lowest BCUT2D eigenvalue weighted by atomic mass is 9.72. The van der Waals surface area contributed by atoms with Gasteiger partial charge < -0.3 is 19.6 Å². The summed E-state index contributed by atoms with van der Waals surface area (Å²) in [7, 11) is 0. The van der Waals surface area contributed by atoms with Gasteiger partial charge in [-0.05, 0) is 56.6 Å². The zero-order valence-electron chi connectivity index (χ0n) is 18.8. The van der Waals surface area contributed by atoms with Gasteiger partial charge in [-0.15, -0.1) is 0 Å². The number of amides is 2. The Balaban J connectivity index is 1.48. The van der Waals surface area contributed by atoms with Crippen LogP contribution in [0.5, 0.6) is 5.75 Å². The molecule has 2 fully saturated rings. The largest absolute Gasteiger partial charge is 0.491 e. The van der Waals surface area contributed by atoms with Crippen molar-refractivity contribution in [1.82, 2.24) is 9.80 Å². The normalized spacial score (nSPS) is 23.5. The molecule has 0 bridgehead atoms. The third-order valence-corrected chi connectivity index (χ3v) is 7.47. The highest BCUT2D eigenvalue weighted by Gasteiger charge is 2.46. The van der Waals surface area contributed by atoms with Gasteiger partial charge in [0.1, 0.15) is 12.4 Å². The molecule has 174 valence electrons. The van der Waals surface area contributed by atoms with Gasteiger partial charge in [-0.2, -0.15) is 0 Å². The van der Waals surface area contributed by atoms with Crippen LogP contribution in [0.4, 0.5) is 0 Å². The quantitative estimate of drug-likeness (QED) is 0.776. The molecule has 1 spiro atoms. The summed E-state index contributed by atoms with van der Waals surface area (Å²) in [5.41, 5.74) is 0.807. The Morgan fingerprint density at radius 3 is 2.59 bits per heavy atom. The molecule has 1 aromatic carbocycles. The Labute approximate surface area is 189 Å². The molecule has 3 heterocycles. The number of aliphatic carboxylic acids is 1. The second-order valence-electron chi connectivity index (χ2n) is 9.48. The molecule has 0 saturated carbocycles. The topological polar surface area (TPSA) is 87.2 Å². The number of para-hydroxylation sites is 1. The molecule has 2 amide bonds. The average Bonchev–Trinajstić information content (AvgIpc) is 3.27. The van der Waals surface area contributed by atoms with Crippen LogP contribution in [-0.2, 0) is 20.8 Å². The fourth-order valence-electron chi connectivity index (χ4n) is 5.52. The minimum absolute atomic E-state index is 0.0290. The molecule has 1 atom stereocenters. The highest BCUT2D eigenvalue weighted by Crippen LogP contribution is 2.41. The molecular formula is C25H34N2O5. The number of nitrogens with zero attached hydrogens (tertiary/aromatic N) is 2. The molecule has 2 saturated heterocycles. The van der Waals surface area contributed by atoms with Crippen molar-refractivity contribution in [3.63, 3.8) is 0 Å². The number of hydrogen-bond donors (Lipinski definition) is 1. The molecule has 32 heavy (non-hydrogen) atoms. The summed E-state index contributed by atoms with van der Waals surface area (Å²) in [5.74, 6) is 0.0995. The second kappa shape index (κ2) is 9.92. The second-order valence-corrected chi connectivity index (χ2v) is 9.48. The van der Waals surface area contributed by atoms with Gasteiger partial charge in [-0.3, -0.25) is 14.4 Å². The van der Waals surface area contributed by atoms with Crippen molar-refractivity contribution in [3.8, 4) is 5.75 Å². The van der Waals surface area contributed by atoms with Crippen molar-refractivity contribution >= 4 is 17.8 Å². The van der Waals surface area contributed by atoms with E-state index in [9.17, 15) is 14.4 Å². The number of carbonyl (C=O) groups is 3. The standard InChI is InChI=1S/C25H34N2O5/c28-22(10-11-23(29)30)26-16-13-25(14-17-26)12-4-3-7-19-6-1-2-9-21(19)32-18-20-8-5-15-27(20)24(25)31/h1-2,6,9,20H,3-5,7-8,10-18H2,(H,29,30)/t20-/m1/s1. The Morgan fingerprint density at radius 2 is 1.81 bits per heavy atom. The number of ether oxygens (including phenoxy) is 1. The van der Waals surface area contributed by atoms with Gasteiger partial charge in [0.15, 0.2) is 0 Å². The van der Waals surface area contributed by atoms with E-state index in [1.807, 2.05) is 17.0 Å². The molecule has 1 aromatic rings. The Hall–Kier alpha value is -2.57. The van der Waals surface area contributed by atoms with Gasteiger partial charge in [0.2, 0.25) is 11.8 Å². The number of fused-ring (bicyclic) bond motifs is 2. The number of benzene rings is 1. The van der Waals surface area contributed by atoms with Gasteiger partial charge in [0, 0.05) is 26.1 Å². The van der Waals surface area contributed by atoms with E-state index in [-0.39, 0.29) is 30.7 Å². The first-order valence-electron chi connectivity index (χ1n) is 12.0. The highest BCUT2D eigenvalue weighted by molar-refractivity contribution is 5.84. The van der Waals surface area contributed by atoms with Crippen LogP contribution < -0.4 is 4.74 Å². The first-order chi connectivity index (χ1) is 15.5. The van der Waals surface area contributed by atoms with E-state index in [1.165, 1.54) is 5.56 Å². The molecule has 3 aliphatic rings. The van der Waals surface area contributed by atoms with Crippen LogP contribution in [0.3, 0.4) is 0 Å². The van der Waals surface area contributed by atoms with Gasteiger partial charge in [-0.25, -0.2) is 0 Å². The smallest absolute Gasteiger partial charge is 0.303 e. The number of carbonyl (C=O) groups excluding carboxylic acids is 2. The maximum atomic E-state index is 13.8. The number of piperidine rings is 1. The molecule has 0 radical (unpaired) electrons. The van der Waals surface area contributed by atoms with Crippen LogP contribution in [0.1, 0.15) is 63.4 Å². The van der Waals surface area contributed by atoms with Crippen LogP contribution >= 0.6 is 0 Å². The third-order valence-electron chi connectivity index (χ3n) is 7.47. The lowest BCUT2D eigenvalue weighted by molar-refractivity contribution is -0.150. The van der Waals surface area contributed by atoms with E-state index in [0.717, 1.165) is 50.8 Å². The number of carboxylic acids is 1. The van der Waals surface area contributed by atoms with E-state index in [1.54, 1.807) is 4.90 Å². The average molecular weight is 443 g/mol. The highest BCUT2D eigenvalue weighted by atomic mass is 16.5. The summed E-state index contributed by atoms with van der Waals surface area (Å²) in [4.78, 5) is 40.9. The van der Waals surface area contributed by atoms with Crippen LogP contribution in [0, 0.1) is 5.41 Å². The van der Waals surface area contributed by atoms with Crippen molar-refractivity contribution in [2.45, 2.75) is 70.3 Å². The monoisotopic (exact) mass is 442 g/mol. The summed E-state index contributed by atoms with van der Waals surface area (Å²) < 4.78 is 6.20. The fraction of sp³-hybridized carbons (Fsp3) is 0.640. The Bertz CT molecular complexity index is 846. The molecule has 1 N–H and O–H groups in total. The summed E-state index contributed by atoms with van der Waals surface area (Å²) in [6.45, 7) is 2.36. The maximum Gasteiger partial charge on any atom is 0.303 e. The van der Waals surface area contributed by atoms with Gasteiger partial charge in [-0.1, -0.05) is 24.6 Å². The van der Waals surface area contributed by atoms with Gasteiger partial charge in [0.05, 0.1) is 17.9 Å². The van der Waals surface area contributed by atoms with Crippen LogP contribution in [0.2, 0.25) is 0 Å². The van der Waals surface area contributed by atoms with Crippen LogP contribution in [0.25, 0.3) is 0 Å². The van der Waals surface area contributed by atoms with Crippen molar-refractivity contribution in [2.24, 2.45) is 5.41 Å². The molecular weight excluding hydrogens is 408 g/mol. The summed E-state index contributed by atoms with van der Waals surface area (Å²) >= 11 is 0. The minimum Gasteiger partial charge on any atom is -0.491 e. The van der Waals surface area contributed by atoms with Crippen LogP contribution in [0.15, 0.2) is 24.3 Å². The van der Waals surface area contributed by atoms with E-state index >= 15 is 0 Å². The van der Waals surface area contributed by atoms with E-state index in [0.29, 0.717) is 32.5 Å². The van der Waals surface area contributed by atoms with Crippen molar-refractivity contribution < 1.29 is 24.2 Å². The SMILES string of the molecule is O=C(O)CCC(=O)N1CCC2(CCCCc3ccccc3OC[C@H]3CCCN3C2=O)CC1. The van der Waals surface area contributed by atoms with E-state index in [4.69, 9.17) is 9.84 Å². The summed E-state index contributed by atoms with van der Waals surface area (Å²) in [5, 5.41) is 8.86. The zero-order valence-corrected chi connectivity index (χ0v) is 18.8. The zero-order chi connectivity index (χ0) is 22.6. The molecule has 7 heteroatoms. The first kappa shape index (κ1) is 22.6. The van der Waals surface area contributed by atoms with Crippen LogP contribution in [-0.4, -0.2) is 65.0 Å². The number of likely N-dealkylation sites (tertiary alicyclic amines) is 1. The number of hydrogen-bond acceptors (Lipinski definition) is 4. The first-order valence-corrected chi connectivity index (χ1v) is 12.0. The molecule has 7 nitrogen and oxygen atoms in total. The maximum absolute atomic E-state index is 13.8. The summed E-state index contributed by atoms with van der Waals surface area (Å²) in [6.07, 6.45) is 6.91. The third kappa shape index (κ3) is 4.92. The molecule has 0 aliphatic carbocycles. The van der Waals surface area contributed by atoms with Crippen molar-refractivity contribution in [1.29, 1.82) is 0 Å². The predicted molar refractivity (Wildman–Crippen MR) is 119 cm³/mol. The lowest BCUT2D eigenvalue weighted by Gasteiger charge is -2.44. The van der Waals surface area contributed by atoms with Gasteiger partial charge in [0.25, 0.3) is 0 Å². The van der Waals surface area contributed by atoms with E-state index < -0.39 is 11.4 Å². The Kier molecular flexibility index (Phi) is 7.01. The summed E-state index contributed by atoms with van der Waals surface area (Å²) in [6, 6.07) is 8.32. The predicted octanol–water partition coefficient (Wildman–Crippen LogP) is 3.26. The van der Waals surface area contributed by atoms with Gasteiger partial charge >= 0.3 is 5.97 Å². The fourth-order valence-corrected chi connectivity index (χ4v) is 5.52. The number of rotatable bonds is 3. The van der Waals surface area contributed by atoms with Crippen molar-refractivity contribution in [3.05, 3.63) is 29.8 Å². The van der Waals surface area contributed by atoms with E-state index in [2.05, 4.69) is 12.1 Å². The Morgan fingerprint density at radius 1 is 1.03 bits per heavy atom. The molecule has 4 rings (SSSR count). The minimum atomic E-state index is -0.954. The molecule has 0 aromatic heterocycles. The van der Waals surface area contributed by atoms with Crippen molar-refractivity contribution in [2.75, 3.05) is 26.2 Å². The lowest BCUT2D eigenvalue weighted by Crippen LogP contribution is -2.53. The molecule has 0 unspecified atom stereocenters. The number of aryl methyl sites for hydroxylation is 1.